The quantitative estimate of drug-likeness (QED) is 0.792. The van der Waals surface area contributed by atoms with Crippen LogP contribution in [0.15, 0.2) is 22.7 Å². The van der Waals surface area contributed by atoms with Crippen molar-refractivity contribution in [3.05, 3.63) is 22.7 Å². The SMILES string of the molecule is Nc1cc(Br)ccc1OCC(=O)O. The molecule has 5 heteroatoms. The van der Waals surface area contributed by atoms with Gasteiger partial charge in [0.2, 0.25) is 0 Å². The van der Waals surface area contributed by atoms with Crippen LogP contribution in [0.4, 0.5) is 5.69 Å². The summed E-state index contributed by atoms with van der Waals surface area (Å²) in [5.74, 6) is -0.645. The number of hydrogen-bond donors (Lipinski definition) is 2. The molecule has 70 valence electrons. The number of benzene rings is 1. The van der Waals surface area contributed by atoms with Gasteiger partial charge in [0.1, 0.15) is 5.75 Å². The first-order chi connectivity index (χ1) is 6.09. The topological polar surface area (TPSA) is 72.5 Å². The van der Waals surface area contributed by atoms with E-state index in [1.807, 2.05) is 0 Å². The standard InChI is InChI=1S/C8H8BrNO3/c9-5-1-2-7(6(10)3-5)13-4-8(11)12/h1-3H,4,10H2,(H,11,12). The van der Waals surface area contributed by atoms with Crippen molar-refractivity contribution >= 4 is 27.6 Å². The van der Waals surface area contributed by atoms with Crippen LogP contribution in [-0.2, 0) is 4.79 Å². The zero-order valence-electron chi connectivity index (χ0n) is 6.66. The summed E-state index contributed by atoms with van der Waals surface area (Å²) in [5, 5.41) is 8.35. The number of carboxylic acid groups (broad SMARTS) is 1. The lowest BCUT2D eigenvalue weighted by atomic mass is 10.3. The van der Waals surface area contributed by atoms with E-state index in [9.17, 15) is 4.79 Å². The molecule has 0 unspecified atom stereocenters. The first-order valence-electron chi connectivity index (χ1n) is 3.49. The van der Waals surface area contributed by atoms with Gasteiger partial charge in [-0.1, -0.05) is 15.9 Å². The second-order valence-electron chi connectivity index (χ2n) is 2.36. The van der Waals surface area contributed by atoms with Crippen molar-refractivity contribution in [1.29, 1.82) is 0 Å². The van der Waals surface area contributed by atoms with Crippen molar-refractivity contribution in [3.8, 4) is 5.75 Å². The molecule has 0 saturated heterocycles. The highest BCUT2D eigenvalue weighted by atomic mass is 79.9. The highest BCUT2D eigenvalue weighted by Gasteiger charge is 2.03. The van der Waals surface area contributed by atoms with Crippen LogP contribution < -0.4 is 10.5 Å². The van der Waals surface area contributed by atoms with Crippen LogP contribution in [0.2, 0.25) is 0 Å². The molecule has 0 fully saturated rings. The summed E-state index contributed by atoms with van der Waals surface area (Å²) < 4.78 is 5.73. The van der Waals surface area contributed by atoms with E-state index in [2.05, 4.69) is 15.9 Å². The minimum atomic E-state index is -1.03. The van der Waals surface area contributed by atoms with Crippen molar-refractivity contribution < 1.29 is 14.6 Å². The Bertz CT molecular complexity index is 327. The van der Waals surface area contributed by atoms with Gasteiger partial charge >= 0.3 is 5.97 Å². The van der Waals surface area contributed by atoms with Gasteiger partial charge in [0.15, 0.2) is 6.61 Å². The molecule has 0 aliphatic carbocycles. The van der Waals surface area contributed by atoms with Gasteiger partial charge in [0.25, 0.3) is 0 Å². The van der Waals surface area contributed by atoms with E-state index >= 15 is 0 Å². The number of aliphatic carboxylic acids is 1. The monoisotopic (exact) mass is 245 g/mol. The largest absolute Gasteiger partial charge is 0.480 e. The number of ether oxygens (including phenoxy) is 1. The van der Waals surface area contributed by atoms with Gasteiger partial charge in [-0.25, -0.2) is 4.79 Å². The van der Waals surface area contributed by atoms with E-state index < -0.39 is 5.97 Å². The molecule has 4 nitrogen and oxygen atoms in total. The van der Waals surface area contributed by atoms with E-state index in [0.717, 1.165) is 4.47 Å². The molecule has 0 bridgehead atoms. The molecule has 0 spiro atoms. The van der Waals surface area contributed by atoms with Crippen molar-refractivity contribution in [2.45, 2.75) is 0 Å². The molecule has 0 heterocycles. The van der Waals surface area contributed by atoms with E-state index in [1.54, 1.807) is 18.2 Å². The maximum Gasteiger partial charge on any atom is 0.341 e. The minimum Gasteiger partial charge on any atom is -0.480 e. The van der Waals surface area contributed by atoms with Crippen LogP contribution >= 0.6 is 15.9 Å². The smallest absolute Gasteiger partial charge is 0.341 e. The number of carboxylic acids is 1. The van der Waals surface area contributed by atoms with Gasteiger partial charge in [-0.15, -0.1) is 0 Å². The van der Waals surface area contributed by atoms with E-state index in [-0.39, 0.29) is 6.61 Å². The van der Waals surface area contributed by atoms with Crippen molar-refractivity contribution in [1.82, 2.24) is 0 Å². The predicted molar refractivity (Wildman–Crippen MR) is 51.7 cm³/mol. The third-order valence-electron chi connectivity index (χ3n) is 1.32. The van der Waals surface area contributed by atoms with Crippen molar-refractivity contribution in [2.24, 2.45) is 0 Å². The Balaban J connectivity index is 2.72. The molecule has 0 aliphatic heterocycles. The van der Waals surface area contributed by atoms with Crippen LogP contribution in [0, 0.1) is 0 Å². The number of hydrogen-bond acceptors (Lipinski definition) is 3. The highest BCUT2D eigenvalue weighted by Crippen LogP contribution is 2.24. The molecule has 3 N–H and O–H groups in total. The summed E-state index contributed by atoms with van der Waals surface area (Å²) in [6.45, 7) is -0.383. The number of carbonyl (C=O) groups is 1. The third-order valence-corrected chi connectivity index (χ3v) is 1.82. The second kappa shape index (κ2) is 4.13. The minimum absolute atomic E-state index is 0.380. The van der Waals surface area contributed by atoms with Crippen LogP contribution in [0.3, 0.4) is 0 Å². The Hall–Kier alpha value is -1.23. The fourth-order valence-electron chi connectivity index (χ4n) is 0.790. The van der Waals surface area contributed by atoms with Gasteiger partial charge in [-0.05, 0) is 18.2 Å². The zero-order chi connectivity index (χ0) is 9.84. The Morgan fingerprint density at radius 2 is 2.31 bits per heavy atom. The summed E-state index contributed by atoms with van der Waals surface area (Å²) in [7, 11) is 0. The highest BCUT2D eigenvalue weighted by molar-refractivity contribution is 9.10. The van der Waals surface area contributed by atoms with Crippen LogP contribution in [0.25, 0.3) is 0 Å². The van der Waals surface area contributed by atoms with Crippen LogP contribution in [0.1, 0.15) is 0 Å². The van der Waals surface area contributed by atoms with Crippen molar-refractivity contribution in [3.63, 3.8) is 0 Å². The van der Waals surface area contributed by atoms with E-state index in [0.29, 0.717) is 11.4 Å². The molecule has 1 rings (SSSR count). The summed E-state index contributed by atoms with van der Waals surface area (Å²) in [5.41, 5.74) is 5.97. The van der Waals surface area contributed by atoms with Crippen LogP contribution in [-0.4, -0.2) is 17.7 Å². The van der Waals surface area contributed by atoms with Gasteiger partial charge in [0.05, 0.1) is 5.69 Å². The summed E-state index contributed by atoms with van der Waals surface area (Å²) in [6.07, 6.45) is 0. The first-order valence-corrected chi connectivity index (χ1v) is 4.28. The molecule has 0 aromatic heterocycles. The molecule has 13 heavy (non-hydrogen) atoms. The second-order valence-corrected chi connectivity index (χ2v) is 3.28. The van der Waals surface area contributed by atoms with Crippen molar-refractivity contribution in [2.75, 3.05) is 12.3 Å². The Morgan fingerprint density at radius 3 is 2.85 bits per heavy atom. The van der Waals surface area contributed by atoms with E-state index in [4.69, 9.17) is 15.6 Å². The first kappa shape index (κ1) is 9.85. The maximum absolute atomic E-state index is 10.2. The van der Waals surface area contributed by atoms with Crippen LogP contribution in [0.5, 0.6) is 5.75 Å². The molecular formula is C8H8BrNO3. The van der Waals surface area contributed by atoms with Gasteiger partial charge in [-0.3, -0.25) is 0 Å². The number of anilines is 1. The number of rotatable bonds is 3. The lowest BCUT2D eigenvalue weighted by Crippen LogP contribution is -2.10. The molecule has 0 atom stereocenters. The van der Waals surface area contributed by atoms with E-state index in [1.165, 1.54) is 0 Å². The molecule has 0 radical (unpaired) electrons. The lowest BCUT2D eigenvalue weighted by Gasteiger charge is -2.06. The molecule has 1 aromatic carbocycles. The third kappa shape index (κ3) is 2.95. The lowest BCUT2D eigenvalue weighted by molar-refractivity contribution is -0.139. The predicted octanol–water partition coefficient (Wildman–Crippen LogP) is 1.49. The molecular weight excluding hydrogens is 238 g/mol. The summed E-state index contributed by atoms with van der Waals surface area (Å²) >= 11 is 3.22. The zero-order valence-corrected chi connectivity index (χ0v) is 8.24. The molecule has 1 aromatic rings. The Kier molecular flexibility index (Phi) is 3.13. The van der Waals surface area contributed by atoms with Gasteiger partial charge in [0, 0.05) is 4.47 Å². The molecule has 0 amide bonds. The Morgan fingerprint density at radius 1 is 1.62 bits per heavy atom. The average Bonchev–Trinajstić information content (AvgIpc) is 2.02. The molecule has 0 aliphatic rings. The average molecular weight is 246 g/mol. The number of halogens is 1. The fourth-order valence-corrected chi connectivity index (χ4v) is 1.17. The van der Waals surface area contributed by atoms with Gasteiger partial charge in [-0.2, -0.15) is 0 Å². The Labute approximate surface area is 83.4 Å². The summed E-state index contributed by atoms with van der Waals surface area (Å²) in [6, 6.07) is 4.99. The summed E-state index contributed by atoms with van der Waals surface area (Å²) in [4.78, 5) is 10.2. The maximum atomic E-state index is 10.2. The molecule has 0 saturated carbocycles. The fraction of sp³-hybridized carbons (Fsp3) is 0.125. The number of nitrogens with two attached hydrogens (primary N) is 1. The van der Waals surface area contributed by atoms with Gasteiger partial charge < -0.3 is 15.6 Å². The number of nitrogen functional groups attached to an aromatic ring is 1. The normalized spacial score (nSPS) is 9.62.